The lowest BCUT2D eigenvalue weighted by molar-refractivity contribution is 0.699. The Hall–Kier alpha value is -1.88. The van der Waals surface area contributed by atoms with Crippen LogP contribution in [0.2, 0.25) is 0 Å². The van der Waals surface area contributed by atoms with E-state index in [0.717, 1.165) is 21.8 Å². The Morgan fingerprint density at radius 1 is 1.36 bits per heavy atom. The van der Waals surface area contributed by atoms with Gasteiger partial charge in [-0.25, -0.2) is 0 Å². The number of rotatable bonds is 0. The molecule has 4 N–H and O–H groups in total. The number of fused-ring (bicyclic) bond motifs is 3. The molecular formula is C9H9N5. The van der Waals surface area contributed by atoms with Crippen molar-refractivity contribution in [2.45, 2.75) is 6.29 Å². The molecule has 2 aliphatic rings. The molecule has 70 valence electrons. The summed E-state index contributed by atoms with van der Waals surface area (Å²) >= 11 is 0. The first-order valence-electron chi connectivity index (χ1n) is 4.37. The number of nitrogens with one attached hydrogen (secondary N) is 2. The van der Waals surface area contributed by atoms with E-state index in [1.165, 1.54) is 0 Å². The van der Waals surface area contributed by atoms with Crippen LogP contribution < -0.4 is 26.9 Å². The van der Waals surface area contributed by atoms with Crippen molar-refractivity contribution in [2.24, 2.45) is 15.9 Å². The maximum Gasteiger partial charge on any atom is 0.150 e. The maximum atomic E-state index is 5.72. The van der Waals surface area contributed by atoms with Gasteiger partial charge in [0.15, 0.2) is 0 Å². The average molecular weight is 187 g/mol. The zero-order valence-electron chi connectivity index (χ0n) is 7.36. The summed E-state index contributed by atoms with van der Waals surface area (Å²) in [5.41, 5.74) is 7.72. The average Bonchev–Trinajstić information content (AvgIpc) is 2.65. The number of benzene rings is 1. The summed E-state index contributed by atoms with van der Waals surface area (Å²) in [5, 5.41) is 16.0. The summed E-state index contributed by atoms with van der Waals surface area (Å²) in [7, 11) is 0. The molecule has 2 aliphatic heterocycles. The van der Waals surface area contributed by atoms with E-state index >= 15 is 0 Å². The number of hydrogen-bond acceptors (Lipinski definition) is 5. The predicted octanol–water partition coefficient (Wildman–Crippen LogP) is -1.35. The van der Waals surface area contributed by atoms with E-state index in [1.54, 1.807) is 6.21 Å². The van der Waals surface area contributed by atoms with Crippen molar-refractivity contribution in [3.63, 3.8) is 0 Å². The molecule has 0 bridgehead atoms. The van der Waals surface area contributed by atoms with E-state index < -0.39 is 0 Å². The third-order valence-corrected chi connectivity index (χ3v) is 2.33. The Balaban J connectivity index is 2.34. The van der Waals surface area contributed by atoms with Gasteiger partial charge in [-0.15, -0.1) is 0 Å². The summed E-state index contributed by atoms with van der Waals surface area (Å²) in [6.07, 6.45) is 3.39. The number of nitrogens with two attached hydrogens (primary N) is 1. The lowest BCUT2D eigenvalue weighted by Crippen LogP contribution is -2.47. The molecule has 5 nitrogen and oxygen atoms in total. The highest BCUT2D eigenvalue weighted by molar-refractivity contribution is 5.89. The minimum Gasteiger partial charge on any atom is -0.359 e. The molecule has 0 amide bonds. The molecule has 0 aliphatic carbocycles. The molecule has 3 rings (SSSR count). The van der Waals surface area contributed by atoms with Crippen LogP contribution in [-0.4, -0.2) is 12.5 Å². The number of hydrogen-bond donors (Lipinski definition) is 3. The summed E-state index contributed by atoms with van der Waals surface area (Å²) in [5.74, 6) is 0. The first kappa shape index (κ1) is 7.52. The molecule has 14 heavy (non-hydrogen) atoms. The van der Waals surface area contributed by atoms with E-state index in [1.807, 2.05) is 18.3 Å². The fraction of sp³-hybridized carbons (Fsp3) is 0.111. The Morgan fingerprint density at radius 2 is 2.29 bits per heavy atom. The van der Waals surface area contributed by atoms with Crippen LogP contribution in [0.1, 0.15) is 5.56 Å². The van der Waals surface area contributed by atoms with Crippen molar-refractivity contribution in [2.75, 3.05) is 5.32 Å². The largest absolute Gasteiger partial charge is 0.359 e. The fourth-order valence-electron chi connectivity index (χ4n) is 1.65. The van der Waals surface area contributed by atoms with Crippen LogP contribution in [0.5, 0.6) is 0 Å². The summed E-state index contributed by atoms with van der Waals surface area (Å²) < 4.78 is 0. The third-order valence-electron chi connectivity index (χ3n) is 2.33. The van der Waals surface area contributed by atoms with Gasteiger partial charge in [-0.2, -0.15) is 10.2 Å². The monoisotopic (exact) mass is 187 g/mol. The van der Waals surface area contributed by atoms with Gasteiger partial charge in [-0.1, -0.05) is 0 Å². The fourth-order valence-corrected chi connectivity index (χ4v) is 1.65. The van der Waals surface area contributed by atoms with Crippen molar-refractivity contribution in [1.29, 1.82) is 0 Å². The Labute approximate surface area is 80.0 Å². The van der Waals surface area contributed by atoms with E-state index in [9.17, 15) is 0 Å². The minimum absolute atomic E-state index is 0.247. The standard InChI is InChI=1S/C9H9N5/c10-9-11-3-5-1-2-7-6(4-12-14-7)8(5)13-9/h1-4,9,11,13H,10H2. The van der Waals surface area contributed by atoms with Crippen molar-refractivity contribution in [3.8, 4) is 0 Å². The van der Waals surface area contributed by atoms with Gasteiger partial charge in [-0.3, -0.25) is 5.73 Å². The van der Waals surface area contributed by atoms with Crippen LogP contribution >= 0.6 is 0 Å². The first-order valence-corrected chi connectivity index (χ1v) is 4.37. The normalized spacial score (nSPS) is 21.1. The van der Waals surface area contributed by atoms with Crippen LogP contribution in [0.4, 0.5) is 5.69 Å². The Morgan fingerprint density at radius 3 is 3.21 bits per heavy atom. The van der Waals surface area contributed by atoms with Crippen LogP contribution in [0.15, 0.2) is 22.3 Å². The highest BCUT2D eigenvalue weighted by atomic mass is 15.2. The SMILES string of the molecule is NC1NC=c2ccc3c(c2N1)C=NN=3. The van der Waals surface area contributed by atoms with Gasteiger partial charge in [0.25, 0.3) is 0 Å². The zero-order valence-corrected chi connectivity index (χ0v) is 7.36. The van der Waals surface area contributed by atoms with Crippen molar-refractivity contribution >= 4 is 18.1 Å². The molecule has 0 radical (unpaired) electrons. The molecule has 0 saturated heterocycles. The lowest BCUT2D eigenvalue weighted by atomic mass is 10.1. The minimum atomic E-state index is -0.247. The van der Waals surface area contributed by atoms with Gasteiger partial charge >= 0.3 is 0 Å². The van der Waals surface area contributed by atoms with E-state index in [2.05, 4.69) is 20.8 Å². The van der Waals surface area contributed by atoms with Gasteiger partial charge in [0.05, 0.1) is 17.3 Å². The predicted molar refractivity (Wildman–Crippen MR) is 54.0 cm³/mol. The Bertz CT molecular complexity index is 531. The molecule has 5 heteroatoms. The van der Waals surface area contributed by atoms with Gasteiger partial charge in [0, 0.05) is 17.0 Å². The third kappa shape index (κ3) is 0.928. The molecule has 0 spiro atoms. The maximum absolute atomic E-state index is 5.72. The Kier molecular flexibility index (Phi) is 1.37. The lowest BCUT2D eigenvalue weighted by Gasteiger charge is -2.21. The first-order chi connectivity index (χ1) is 6.84. The molecule has 0 saturated carbocycles. The summed E-state index contributed by atoms with van der Waals surface area (Å²) in [6.45, 7) is 0. The van der Waals surface area contributed by atoms with Gasteiger partial charge in [-0.05, 0) is 12.1 Å². The topological polar surface area (TPSA) is 74.8 Å². The smallest absolute Gasteiger partial charge is 0.150 e. The van der Waals surface area contributed by atoms with E-state index in [0.29, 0.717) is 0 Å². The second-order valence-corrected chi connectivity index (χ2v) is 3.24. The van der Waals surface area contributed by atoms with Crippen molar-refractivity contribution in [1.82, 2.24) is 5.32 Å². The summed E-state index contributed by atoms with van der Waals surface area (Å²) in [6, 6.07) is 3.93. The van der Waals surface area contributed by atoms with E-state index in [-0.39, 0.29) is 6.29 Å². The highest BCUT2D eigenvalue weighted by Gasteiger charge is 2.13. The quantitative estimate of drug-likeness (QED) is 0.470. The second kappa shape index (κ2) is 2.55. The molecule has 1 unspecified atom stereocenters. The van der Waals surface area contributed by atoms with Gasteiger partial charge in [0.2, 0.25) is 0 Å². The highest BCUT2D eigenvalue weighted by Crippen LogP contribution is 2.08. The van der Waals surface area contributed by atoms with Gasteiger partial charge in [0.1, 0.15) is 6.29 Å². The van der Waals surface area contributed by atoms with Crippen LogP contribution in [-0.2, 0) is 0 Å². The van der Waals surface area contributed by atoms with Crippen LogP contribution in [0.25, 0.3) is 6.20 Å². The molecular weight excluding hydrogens is 178 g/mol. The van der Waals surface area contributed by atoms with Crippen LogP contribution in [0, 0.1) is 0 Å². The molecule has 2 heterocycles. The number of nitrogens with zero attached hydrogens (tertiary/aromatic N) is 2. The van der Waals surface area contributed by atoms with E-state index in [4.69, 9.17) is 5.73 Å². The molecule has 1 atom stereocenters. The van der Waals surface area contributed by atoms with Crippen molar-refractivity contribution < 1.29 is 0 Å². The van der Waals surface area contributed by atoms with Gasteiger partial charge < -0.3 is 10.6 Å². The zero-order chi connectivity index (χ0) is 9.54. The number of anilines is 1. The second-order valence-electron chi connectivity index (χ2n) is 3.24. The summed E-state index contributed by atoms with van der Waals surface area (Å²) in [4.78, 5) is 0. The van der Waals surface area contributed by atoms with Crippen molar-refractivity contribution in [3.05, 3.63) is 28.3 Å². The molecule has 0 aromatic heterocycles. The molecule has 1 aromatic carbocycles. The van der Waals surface area contributed by atoms with Crippen LogP contribution in [0.3, 0.4) is 0 Å². The molecule has 1 aromatic rings. The molecule has 0 fully saturated rings.